The van der Waals surface area contributed by atoms with E-state index in [2.05, 4.69) is 0 Å². The number of carbonyl (C=O) groups excluding carboxylic acids is 1. The van der Waals surface area contributed by atoms with E-state index in [9.17, 15) is 9.59 Å². The van der Waals surface area contributed by atoms with Crippen LogP contribution in [-0.2, 0) is 6.54 Å². The van der Waals surface area contributed by atoms with Crippen molar-refractivity contribution in [1.82, 2.24) is 4.90 Å². The van der Waals surface area contributed by atoms with Crippen molar-refractivity contribution in [3.8, 4) is 0 Å². The van der Waals surface area contributed by atoms with Gasteiger partial charge in [-0.25, -0.2) is 4.79 Å². The molecule has 4 nitrogen and oxygen atoms in total. The maximum Gasteiger partial charge on any atom is 0.335 e. The van der Waals surface area contributed by atoms with Gasteiger partial charge in [-0.15, -0.1) is 0 Å². The standard InChI is InChI=1S/C16H14ClNO3/c1-18(10-13-5-2-3-8-14(13)17)15(19)11-6-4-7-12(9-11)16(20)21/h2-9H,10H2,1H3,(H,20,21). The summed E-state index contributed by atoms with van der Waals surface area (Å²) in [6.07, 6.45) is 0. The largest absolute Gasteiger partial charge is 0.478 e. The minimum atomic E-state index is -1.06. The Morgan fingerprint density at radius 3 is 2.43 bits per heavy atom. The first-order valence-corrected chi connectivity index (χ1v) is 6.69. The van der Waals surface area contributed by atoms with Crippen molar-refractivity contribution in [2.45, 2.75) is 6.54 Å². The average Bonchev–Trinajstić information content (AvgIpc) is 2.49. The molecule has 0 radical (unpaired) electrons. The van der Waals surface area contributed by atoms with Crippen molar-refractivity contribution < 1.29 is 14.7 Å². The van der Waals surface area contributed by atoms with E-state index in [-0.39, 0.29) is 11.5 Å². The molecule has 1 N–H and O–H groups in total. The Bertz CT molecular complexity index is 685. The lowest BCUT2D eigenvalue weighted by Crippen LogP contribution is -2.26. The number of hydrogen-bond acceptors (Lipinski definition) is 2. The predicted octanol–water partition coefficient (Wildman–Crippen LogP) is 3.31. The van der Waals surface area contributed by atoms with Crippen LogP contribution >= 0.6 is 11.6 Å². The summed E-state index contributed by atoms with van der Waals surface area (Å²) in [6.45, 7) is 0.357. The van der Waals surface area contributed by atoms with E-state index in [1.54, 1.807) is 25.2 Å². The van der Waals surface area contributed by atoms with E-state index in [4.69, 9.17) is 16.7 Å². The Hall–Kier alpha value is -2.33. The highest BCUT2D eigenvalue weighted by Gasteiger charge is 2.15. The Balaban J connectivity index is 2.18. The van der Waals surface area contributed by atoms with Crippen molar-refractivity contribution in [1.29, 1.82) is 0 Å². The lowest BCUT2D eigenvalue weighted by molar-refractivity contribution is 0.0697. The fraction of sp³-hybridized carbons (Fsp3) is 0.125. The molecule has 108 valence electrons. The third kappa shape index (κ3) is 3.61. The zero-order valence-electron chi connectivity index (χ0n) is 11.4. The third-order valence-electron chi connectivity index (χ3n) is 3.07. The summed E-state index contributed by atoms with van der Waals surface area (Å²) < 4.78 is 0. The smallest absolute Gasteiger partial charge is 0.335 e. The average molecular weight is 304 g/mol. The number of rotatable bonds is 4. The minimum absolute atomic E-state index is 0.0898. The molecule has 0 unspecified atom stereocenters. The Morgan fingerprint density at radius 1 is 1.10 bits per heavy atom. The van der Waals surface area contributed by atoms with Crippen LogP contribution in [0.1, 0.15) is 26.3 Å². The predicted molar refractivity (Wildman–Crippen MR) is 80.7 cm³/mol. The molecular formula is C16H14ClNO3. The molecule has 0 aliphatic rings. The molecule has 2 aromatic rings. The number of amides is 1. The number of benzene rings is 2. The molecule has 2 rings (SSSR count). The van der Waals surface area contributed by atoms with Gasteiger partial charge in [0.05, 0.1) is 5.56 Å². The maximum absolute atomic E-state index is 12.3. The number of carboxylic acid groups (broad SMARTS) is 1. The Morgan fingerprint density at radius 2 is 1.76 bits per heavy atom. The van der Waals surface area contributed by atoms with Crippen LogP contribution in [0.15, 0.2) is 48.5 Å². The highest BCUT2D eigenvalue weighted by molar-refractivity contribution is 6.31. The van der Waals surface area contributed by atoms with E-state index in [1.807, 2.05) is 18.2 Å². The van der Waals surface area contributed by atoms with Crippen LogP contribution < -0.4 is 0 Å². The van der Waals surface area contributed by atoms with E-state index < -0.39 is 5.97 Å². The molecule has 0 heterocycles. The van der Waals surface area contributed by atoms with Gasteiger partial charge >= 0.3 is 5.97 Å². The quantitative estimate of drug-likeness (QED) is 0.942. The molecule has 0 spiro atoms. The fourth-order valence-corrected chi connectivity index (χ4v) is 2.16. The number of aromatic carboxylic acids is 1. The molecular weight excluding hydrogens is 290 g/mol. The zero-order valence-corrected chi connectivity index (χ0v) is 12.2. The summed E-state index contributed by atoms with van der Waals surface area (Å²) in [6, 6.07) is 13.3. The van der Waals surface area contributed by atoms with E-state index in [0.717, 1.165) is 5.56 Å². The fourth-order valence-electron chi connectivity index (χ4n) is 1.96. The van der Waals surface area contributed by atoms with E-state index in [1.165, 1.54) is 17.0 Å². The lowest BCUT2D eigenvalue weighted by atomic mass is 10.1. The first-order valence-electron chi connectivity index (χ1n) is 6.31. The second kappa shape index (κ2) is 6.41. The minimum Gasteiger partial charge on any atom is -0.478 e. The molecule has 2 aromatic carbocycles. The highest BCUT2D eigenvalue weighted by atomic mass is 35.5. The Labute approximate surface area is 127 Å². The number of carbonyl (C=O) groups is 2. The first-order chi connectivity index (χ1) is 9.99. The summed E-state index contributed by atoms with van der Waals surface area (Å²) in [5.41, 5.74) is 1.26. The SMILES string of the molecule is CN(Cc1ccccc1Cl)C(=O)c1cccc(C(=O)O)c1. The molecule has 0 bridgehead atoms. The summed E-state index contributed by atoms with van der Waals surface area (Å²) in [5, 5.41) is 9.55. The van der Waals surface area contributed by atoms with Gasteiger partial charge in [-0.05, 0) is 29.8 Å². The van der Waals surface area contributed by atoms with Crippen LogP contribution in [0.2, 0.25) is 5.02 Å². The highest BCUT2D eigenvalue weighted by Crippen LogP contribution is 2.17. The summed E-state index contributed by atoms with van der Waals surface area (Å²) in [5.74, 6) is -1.31. The van der Waals surface area contributed by atoms with Gasteiger partial charge in [0.2, 0.25) is 0 Å². The molecule has 0 fully saturated rings. The Kier molecular flexibility index (Phi) is 4.60. The van der Waals surface area contributed by atoms with Crippen LogP contribution in [0.3, 0.4) is 0 Å². The van der Waals surface area contributed by atoms with Crippen molar-refractivity contribution >= 4 is 23.5 Å². The van der Waals surface area contributed by atoms with Crippen molar-refractivity contribution in [2.75, 3.05) is 7.05 Å². The summed E-state index contributed by atoms with van der Waals surface area (Å²) in [7, 11) is 1.65. The van der Waals surface area contributed by atoms with Gasteiger partial charge in [0.25, 0.3) is 5.91 Å². The second-order valence-electron chi connectivity index (χ2n) is 4.64. The number of carboxylic acids is 1. The van der Waals surface area contributed by atoms with Gasteiger partial charge in [-0.3, -0.25) is 4.79 Å². The molecule has 5 heteroatoms. The number of nitrogens with zero attached hydrogens (tertiary/aromatic N) is 1. The lowest BCUT2D eigenvalue weighted by Gasteiger charge is -2.18. The van der Waals surface area contributed by atoms with Crippen molar-refractivity contribution in [3.05, 3.63) is 70.2 Å². The second-order valence-corrected chi connectivity index (χ2v) is 5.05. The number of halogens is 1. The molecule has 0 aliphatic heterocycles. The van der Waals surface area contributed by atoms with Crippen molar-refractivity contribution in [3.63, 3.8) is 0 Å². The first kappa shape index (κ1) is 15.1. The van der Waals surface area contributed by atoms with Crippen molar-refractivity contribution in [2.24, 2.45) is 0 Å². The van der Waals surface area contributed by atoms with E-state index >= 15 is 0 Å². The number of hydrogen-bond donors (Lipinski definition) is 1. The van der Waals surface area contributed by atoms with Gasteiger partial charge in [0.1, 0.15) is 0 Å². The van der Waals surface area contributed by atoms with Gasteiger partial charge < -0.3 is 10.0 Å². The molecule has 0 saturated carbocycles. The normalized spacial score (nSPS) is 10.2. The summed E-state index contributed by atoms with van der Waals surface area (Å²) in [4.78, 5) is 24.8. The molecule has 0 saturated heterocycles. The van der Waals surface area contributed by atoms with Crippen LogP contribution in [0.5, 0.6) is 0 Å². The van der Waals surface area contributed by atoms with Crippen LogP contribution in [-0.4, -0.2) is 28.9 Å². The topological polar surface area (TPSA) is 57.6 Å². The molecule has 21 heavy (non-hydrogen) atoms. The molecule has 0 aromatic heterocycles. The van der Waals surface area contributed by atoms with Crippen LogP contribution in [0.4, 0.5) is 0 Å². The van der Waals surface area contributed by atoms with E-state index in [0.29, 0.717) is 17.1 Å². The molecule has 0 atom stereocenters. The van der Waals surface area contributed by atoms with Crippen LogP contribution in [0, 0.1) is 0 Å². The van der Waals surface area contributed by atoms with Gasteiger partial charge in [-0.2, -0.15) is 0 Å². The summed E-state index contributed by atoms with van der Waals surface area (Å²) >= 11 is 6.07. The van der Waals surface area contributed by atoms with Gasteiger partial charge in [0, 0.05) is 24.2 Å². The maximum atomic E-state index is 12.3. The third-order valence-corrected chi connectivity index (χ3v) is 3.44. The zero-order chi connectivity index (χ0) is 15.4. The monoisotopic (exact) mass is 303 g/mol. The van der Waals surface area contributed by atoms with Crippen LogP contribution in [0.25, 0.3) is 0 Å². The molecule has 1 amide bonds. The van der Waals surface area contributed by atoms with Gasteiger partial charge in [0.15, 0.2) is 0 Å². The van der Waals surface area contributed by atoms with Gasteiger partial charge in [-0.1, -0.05) is 35.9 Å². The molecule has 0 aliphatic carbocycles.